The molecule has 0 spiro atoms. The molecular formula is C15H15NO3. The molecule has 1 aromatic carbocycles. The lowest BCUT2D eigenvalue weighted by Gasteiger charge is -2.12. The monoisotopic (exact) mass is 257 g/mol. The van der Waals surface area contributed by atoms with E-state index in [1.54, 1.807) is 6.07 Å². The van der Waals surface area contributed by atoms with Gasteiger partial charge in [0, 0.05) is 11.8 Å². The maximum absolute atomic E-state index is 11.7. The van der Waals surface area contributed by atoms with Crippen molar-refractivity contribution < 1.29 is 9.90 Å². The van der Waals surface area contributed by atoms with Crippen molar-refractivity contribution in [1.29, 1.82) is 0 Å². The first kappa shape index (κ1) is 13.1. The van der Waals surface area contributed by atoms with Crippen molar-refractivity contribution in [3.05, 3.63) is 57.0 Å². The molecule has 0 aliphatic carbocycles. The Bertz CT molecular complexity index is 714. The van der Waals surface area contributed by atoms with E-state index in [-0.39, 0.29) is 5.56 Å². The molecule has 2 aromatic rings. The van der Waals surface area contributed by atoms with E-state index < -0.39 is 11.5 Å². The first-order chi connectivity index (χ1) is 8.93. The van der Waals surface area contributed by atoms with E-state index in [9.17, 15) is 14.7 Å². The summed E-state index contributed by atoms with van der Waals surface area (Å²) < 4.78 is 0. The third kappa shape index (κ3) is 2.17. The maximum Gasteiger partial charge on any atom is 0.341 e. The van der Waals surface area contributed by atoms with Crippen LogP contribution in [0.4, 0.5) is 0 Å². The summed E-state index contributed by atoms with van der Waals surface area (Å²) in [5.74, 6) is -1.21. The van der Waals surface area contributed by atoms with Crippen LogP contribution in [0.25, 0.3) is 11.1 Å². The number of benzene rings is 1. The van der Waals surface area contributed by atoms with Crippen molar-refractivity contribution in [3.63, 3.8) is 0 Å². The number of carbonyl (C=O) groups is 1. The first-order valence-corrected chi connectivity index (χ1v) is 5.95. The smallest absolute Gasteiger partial charge is 0.341 e. The average Bonchev–Trinajstić information content (AvgIpc) is 2.35. The van der Waals surface area contributed by atoms with Crippen LogP contribution in [0.1, 0.15) is 27.0 Å². The summed E-state index contributed by atoms with van der Waals surface area (Å²) in [5, 5.41) is 9.20. The van der Waals surface area contributed by atoms with Gasteiger partial charge in [0.25, 0.3) is 5.56 Å². The Morgan fingerprint density at radius 1 is 1.05 bits per heavy atom. The number of nitrogens with one attached hydrogen (secondary N) is 1. The number of aromatic nitrogens is 1. The molecule has 0 bridgehead atoms. The molecule has 0 unspecified atom stereocenters. The van der Waals surface area contributed by atoms with Crippen LogP contribution in [0.3, 0.4) is 0 Å². The van der Waals surface area contributed by atoms with Gasteiger partial charge in [-0.25, -0.2) is 4.79 Å². The molecule has 0 saturated carbocycles. The number of H-pyrrole nitrogens is 1. The molecule has 0 aliphatic heterocycles. The van der Waals surface area contributed by atoms with Crippen LogP contribution in [0, 0.1) is 20.8 Å². The Morgan fingerprint density at radius 3 is 2.37 bits per heavy atom. The molecule has 4 heteroatoms. The number of pyridine rings is 1. The van der Waals surface area contributed by atoms with E-state index in [0.717, 1.165) is 22.3 Å². The van der Waals surface area contributed by atoms with Crippen LogP contribution in [-0.4, -0.2) is 16.1 Å². The summed E-state index contributed by atoms with van der Waals surface area (Å²) in [4.78, 5) is 25.3. The lowest BCUT2D eigenvalue weighted by molar-refractivity contribution is 0.0696. The van der Waals surface area contributed by atoms with Gasteiger partial charge in [-0.2, -0.15) is 0 Å². The molecule has 0 atom stereocenters. The number of aromatic carboxylic acids is 1. The molecule has 0 aliphatic rings. The number of hydrogen-bond acceptors (Lipinski definition) is 2. The minimum Gasteiger partial charge on any atom is -0.477 e. The molecular weight excluding hydrogens is 242 g/mol. The summed E-state index contributed by atoms with van der Waals surface area (Å²) in [7, 11) is 0. The highest BCUT2D eigenvalue weighted by Gasteiger charge is 2.17. The van der Waals surface area contributed by atoms with Gasteiger partial charge in [0.15, 0.2) is 0 Å². The van der Waals surface area contributed by atoms with E-state index in [0.29, 0.717) is 5.56 Å². The van der Waals surface area contributed by atoms with Gasteiger partial charge in [-0.3, -0.25) is 4.79 Å². The quantitative estimate of drug-likeness (QED) is 0.868. The molecule has 2 rings (SSSR count). The fourth-order valence-electron chi connectivity index (χ4n) is 2.16. The fraction of sp³-hybridized carbons (Fsp3) is 0.200. The zero-order valence-corrected chi connectivity index (χ0v) is 11.1. The normalized spacial score (nSPS) is 10.5. The van der Waals surface area contributed by atoms with Crippen LogP contribution in [0.2, 0.25) is 0 Å². The highest BCUT2D eigenvalue weighted by atomic mass is 16.4. The van der Waals surface area contributed by atoms with E-state index in [1.165, 1.54) is 6.20 Å². The Hall–Kier alpha value is -2.36. The van der Waals surface area contributed by atoms with Gasteiger partial charge in [0.2, 0.25) is 0 Å². The van der Waals surface area contributed by atoms with Crippen LogP contribution >= 0.6 is 0 Å². The van der Waals surface area contributed by atoms with Gasteiger partial charge in [-0.15, -0.1) is 0 Å². The zero-order valence-electron chi connectivity index (χ0n) is 11.1. The molecule has 0 amide bonds. The molecule has 1 heterocycles. The molecule has 1 aromatic heterocycles. The van der Waals surface area contributed by atoms with Gasteiger partial charge < -0.3 is 10.1 Å². The van der Waals surface area contributed by atoms with Crippen molar-refractivity contribution in [1.82, 2.24) is 4.98 Å². The Balaban J connectivity index is 2.81. The predicted octanol–water partition coefficient (Wildman–Crippen LogP) is 2.67. The number of aromatic amines is 1. The third-order valence-electron chi connectivity index (χ3n) is 3.52. The number of carboxylic acids is 1. The topological polar surface area (TPSA) is 70.2 Å². The minimum atomic E-state index is -1.21. The second-order valence-corrected chi connectivity index (χ2v) is 4.58. The molecule has 4 nitrogen and oxygen atoms in total. The van der Waals surface area contributed by atoms with Gasteiger partial charge in [-0.1, -0.05) is 12.1 Å². The Morgan fingerprint density at radius 2 is 1.74 bits per heavy atom. The molecule has 0 saturated heterocycles. The summed E-state index contributed by atoms with van der Waals surface area (Å²) >= 11 is 0. The van der Waals surface area contributed by atoms with E-state index in [4.69, 9.17) is 0 Å². The fourth-order valence-corrected chi connectivity index (χ4v) is 2.16. The number of aryl methyl sites for hydroxylation is 1. The standard InChI is InChI=1S/C15H15NO3/c1-8-4-5-11(10(3)9(8)2)12-6-7-16-14(17)13(12)15(18)19/h4-7H,1-3H3,(H,16,17)(H,18,19). The van der Waals surface area contributed by atoms with Crippen molar-refractivity contribution >= 4 is 5.97 Å². The molecule has 2 N–H and O–H groups in total. The lowest BCUT2D eigenvalue weighted by atomic mass is 9.92. The van der Waals surface area contributed by atoms with Crippen molar-refractivity contribution in [2.45, 2.75) is 20.8 Å². The molecule has 0 fully saturated rings. The Labute approximate surface area is 110 Å². The largest absolute Gasteiger partial charge is 0.477 e. The summed E-state index contributed by atoms with van der Waals surface area (Å²) in [5.41, 5.74) is 3.69. The number of rotatable bonds is 2. The average molecular weight is 257 g/mol. The zero-order chi connectivity index (χ0) is 14.2. The summed E-state index contributed by atoms with van der Waals surface area (Å²) in [6.07, 6.45) is 1.47. The molecule has 0 radical (unpaired) electrons. The van der Waals surface area contributed by atoms with E-state index in [2.05, 4.69) is 4.98 Å². The maximum atomic E-state index is 11.7. The highest BCUT2D eigenvalue weighted by Crippen LogP contribution is 2.28. The van der Waals surface area contributed by atoms with Crippen LogP contribution in [-0.2, 0) is 0 Å². The minimum absolute atomic E-state index is 0.214. The van der Waals surface area contributed by atoms with Crippen LogP contribution in [0.5, 0.6) is 0 Å². The number of hydrogen-bond donors (Lipinski definition) is 2. The van der Waals surface area contributed by atoms with Crippen LogP contribution in [0.15, 0.2) is 29.2 Å². The number of carboxylic acid groups (broad SMARTS) is 1. The van der Waals surface area contributed by atoms with Crippen molar-refractivity contribution in [3.8, 4) is 11.1 Å². The second kappa shape index (κ2) is 4.72. The summed E-state index contributed by atoms with van der Waals surface area (Å²) in [6, 6.07) is 5.42. The van der Waals surface area contributed by atoms with Crippen LogP contribution < -0.4 is 5.56 Å². The second-order valence-electron chi connectivity index (χ2n) is 4.58. The van der Waals surface area contributed by atoms with Gasteiger partial charge >= 0.3 is 5.97 Å². The summed E-state index contributed by atoms with van der Waals surface area (Å²) in [6.45, 7) is 5.92. The van der Waals surface area contributed by atoms with E-state index >= 15 is 0 Å². The van der Waals surface area contributed by atoms with Crippen molar-refractivity contribution in [2.24, 2.45) is 0 Å². The molecule has 98 valence electrons. The van der Waals surface area contributed by atoms with Gasteiger partial charge in [-0.05, 0) is 49.1 Å². The van der Waals surface area contributed by atoms with Gasteiger partial charge in [0.05, 0.1) is 0 Å². The highest BCUT2D eigenvalue weighted by molar-refractivity contribution is 5.96. The van der Waals surface area contributed by atoms with E-state index in [1.807, 2.05) is 32.9 Å². The SMILES string of the molecule is Cc1ccc(-c2cc[nH]c(=O)c2C(=O)O)c(C)c1C. The first-order valence-electron chi connectivity index (χ1n) is 5.95. The third-order valence-corrected chi connectivity index (χ3v) is 3.52. The van der Waals surface area contributed by atoms with Crippen molar-refractivity contribution in [2.75, 3.05) is 0 Å². The Kier molecular flexibility index (Phi) is 3.25. The van der Waals surface area contributed by atoms with Gasteiger partial charge in [0.1, 0.15) is 5.56 Å². The lowest BCUT2D eigenvalue weighted by Crippen LogP contribution is -2.18. The predicted molar refractivity (Wildman–Crippen MR) is 73.7 cm³/mol. The molecule has 19 heavy (non-hydrogen) atoms.